The van der Waals surface area contributed by atoms with Crippen molar-refractivity contribution in [1.82, 2.24) is 15.7 Å². The van der Waals surface area contributed by atoms with E-state index in [4.69, 9.17) is 4.74 Å². The molecule has 4 N–H and O–H groups in total. The number of allylic oxidation sites excluding steroid dienone is 1. The van der Waals surface area contributed by atoms with Gasteiger partial charge < -0.3 is 15.2 Å². The summed E-state index contributed by atoms with van der Waals surface area (Å²) in [6, 6.07) is 8.12. The number of nitrogens with zero attached hydrogens (tertiary/aromatic N) is 1. The number of carbonyl (C=O) groups excluding carboxylic acids is 2. The van der Waals surface area contributed by atoms with E-state index in [1.807, 2.05) is 6.92 Å². The average Bonchev–Trinajstić information content (AvgIpc) is 2.83. The zero-order chi connectivity index (χ0) is 25.1. The predicted octanol–water partition coefficient (Wildman–Crippen LogP) is 3.26. The molecule has 0 aliphatic heterocycles. The monoisotopic (exact) mass is 477 g/mol. The molecular formula is C24H29F2N3O5. The van der Waals surface area contributed by atoms with Gasteiger partial charge in [-0.25, -0.2) is 13.8 Å². The Hall–Kier alpha value is -3.34. The van der Waals surface area contributed by atoms with Crippen LogP contribution in [0.3, 0.4) is 0 Å². The summed E-state index contributed by atoms with van der Waals surface area (Å²) < 4.78 is 34.5. The molecule has 0 aromatic heterocycles. The van der Waals surface area contributed by atoms with E-state index < -0.39 is 23.8 Å². The van der Waals surface area contributed by atoms with Crippen molar-refractivity contribution < 1.29 is 33.4 Å². The summed E-state index contributed by atoms with van der Waals surface area (Å²) in [5.41, 5.74) is -0.0576. The number of carbonyl (C=O) groups is 2. The summed E-state index contributed by atoms with van der Waals surface area (Å²) in [5, 5.41) is 25.2. The summed E-state index contributed by atoms with van der Waals surface area (Å²) in [6.45, 7) is 1.44. The second-order valence-electron chi connectivity index (χ2n) is 7.42. The molecule has 0 radical (unpaired) electrons. The average molecular weight is 478 g/mol. The number of aliphatic hydroxyl groups is 1. The number of benzene rings is 2. The molecular weight excluding hydrogens is 448 g/mol. The molecule has 0 aliphatic rings. The van der Waals surface area contributed by atoms with Crippen molar-refractivity contribution in [2.24, 2.45) is 0 Å². The van der Waals surface area contributed by atoms with E-state index >= 15 is 4.39 Å². The van der Waals surface area contributed by atoms with E-state index in [9.17, 15) is 24.3 Å². The standard InChI is InChI=1S/C24H29F2N3O5/c1-3-4-5-7-16(13-29(33)15-30)23(31)27-14-28-24(32)19-9-6-8-18(22(19)26)20-12-17(34-2)10-11-21(20)25/h6-12,15,24,28,32-33H,3-5,13-14H2,1-2H3,(H,27,31)/b16-7-. The highest BCUT2D eigenvalue weighted by molar-refractivity contribution is 5.94. The van der Waals surface area contributed by atoms with E-state index in [1.165, 1.54) is 37.4 Å². The normalized spacial score (nSPS) is 12.2. The quantitative estimate of drug-likeness (QED) is 0.0880. The second kappa shape index (κ2) is 13.4. The van der Waals surface area contributed by atoms with Gasteiger partial charge in [0.25, 0.3) is 0 Å². The number of methoxy groups -OCH3 is 1. The van der Waals surface area contributed by atoms with Crippen molar-refractivity contribution in [3.05, 3.63) is 65.2 Å². The van der Waals surface area contributed by atoms with Crippen LogP contribution in [-0.4, -0.2) is 48.0 Å². The predicted molar refractivity (Wildman–Crippen MR) is 122 cm³/mol. The number of amides is 2. The lowest BCUT2D eigenvalue weighted by atomic mass is 10.0. The molecule has 0 fully saturated rings. The number of nitrogens with one attached hydrogen (secondary N) is 2. The zero-order valence-electron chi connectivity index (χ0n) is 19.1. The summed E-state index contributed by atoms with van der Waals surface area (Å²) in [5.74, 6) is -1.70. The van der Waals surface area contributed by atoms with Gasteiger partial charge in [-0.15, -0.1) is 0 Å². The van der Waals surface area contributed by atoms with E-state index in [2.05, 4.69) is 10.6 Å². The molecule has 2 aromatic carbocycles. The molecule has 0 spiro atoms. The third-order valence-electron chi connectivity index (χ3n) is 5.03. The van der Waals surface area contributed by atoms with Crippen LogP contribution in [0, 0.1) is 11.6 Å². The van der Waals surface area contributed by atoms with Gasteiger partial charge >= 0.3 is 0 Å². The second-order valence-corrected chi connectivity index (χ2v) is 7.42. The minimum atomic E-state index is -1.51. The molecule has 0 aliphatic carbocycles. The number of aliphatic hydroxyl groups excluding tert-OH is 1. The van der Waals surface area contributed by atoms with Crippen LogP contribution >= 0.6 is 0 Å². The fourth-order valence-electron chi connectivity index (χ4n) is 3.18. The number of hydrogen-bond acceptors (Lipinski definition) is 6. The summed E-state index contributed by atoms with van der Waals surface area (Å²) in [4.78, 5) is 23.1. The van der Waals surface area contributed by atoms with Crippen molar-refractivity contribution in [3.63, 3.8) is 0 Å². The third kappa shape index (κ3) is 7.34. The van der Waals surface area contributed by atoms with Crippen LogP contribution in [0.2, 0.25) is 0 Å². The maximum atomic E-state index is 15.1. The van der Waals surface area contributed by atoms with Gasteiger partial charge in [-0.05, 0) is 24.6 Å². The molecule has 0 bridgehead atoms. The van der Waals surface area contributed by atoms with Gasteiger partial charge in [0.15, 0.2) is 0 Å². The van der Waals surface area contributed by atoms with Crippen LogP contribution in [-0.2, 0) is 9.59 Å². The molecule has 34 heavy (non-hydrogen) atoms. The molecule has 2 rings (SSSR count). The number of hydrogen-bond donors (Lipinski definition) is 4. The highest BCUT2D eigenvalue weighted by Gasteiger charge is 2.19. The summed E-state index contributed by atoms with van der Waals surface area (Å²) in [6.07, 6.45) is 2.60. The molecule has 8 nitrogen and oxygen atoms in total. The van der Waals surface area contributed by atoms with Crippen LogP contribution in [0.15, 0.2) is 48.0 Å². The van der Waals surface area contributed by atoms with Crippen molar-refractivity contribution in [1.29, 1.82) is 0 Å². The number of unbranched alkanes of at least 4 members (excludes halogenated alkanes) is 2. The van der Waals surface area contributed by atoms with Gasteiger partial charge in [0, 0.05) is 22.3 Å². The van der Waals surface area contributed by atoms with Crippen LogP contribution in [0.1, 0.15) is 38.0 Å². The number of rotatable bonds is 13. The molecule has 2 aromatic rings. The Morgan fingerprint density at radius 1 is 1.24 bits per heavy atom. The molecule has 1 unspecified atom stereocenters. The summed E-state index contributed by atoms with van der Waals surface area (Å²) in [7, 11) is 1.41. The fraction of sp³-hybridized carbons (Fsp3) is 0.333. The lowest BCUT2D eigenvalue weighted by Gasteiger charge is -2.18. The molecule has 1 atom stereocenters. The van der Waals surface area contributed by atoms with E-state index in [-0.39, 0.29) is 41.9 Å². The number of hydroxylamine groups is 2. The first-order chi connectivity index (χ1) is 16.3. The first kappa shape index (κ1) is 26.9. The van der Waals surface area contributed by atoms with Gasteiger partial charge in [0.1, 0.15) is 23.6 Å². The molecule has 2 amide bonds. The van der Waals surface area contributed by atoms with Gasteiger partial charge in [-0.1, -0.05) is 44.0 Å². The van der Waals surface area contributed by atoms with Gasteiger partial charge in [0.2, 0.25) is 12.3 Å². The minimum absolute atomic E-state index is 0.0233. The molecule has 184 valence electrons. The Morgan fingerprint density at radius 2 is 2.00 bits per heavy atom. The van der Waals surface area contributed by atoms with E-state index in [0.717, 1.165) is 18.9 Å². The Morgan fingerprint density at radius 3 is 2.68 bits per heavy atom. The maximum Gasteiger partial charge on any atom is 0.249 e. The zero-order valence-corrected chi connectivity index (χ0v) is 19.1. The maximum absolute atomic E-state index is 15.1. The van der Waals surface area contributed by atoms with Crippen LogP contribution in [0.25, 0.3) is 11.1 Å². The van der Waals surface area contributed by atoms with Gasteiger partial charge in [-0.3, -0.25) is 20.1 Å². The lowest BCUT2D eigenvalue weighted by molar-refractivity contribution is -0.148. The van der Waals surface area contributed by atoms with Crippen LogP contribution < -0.4 is 15.4 Å². The van der Waals surface area contributed by atoms with Gasteiger partial charge in [0.05, 0.1) is 20.3 Å². The smallest absolute Gasteiger partial charge is 0.249 e. The molecule has 10 heteroatoms. The Bertz CT molecular complexity index is 1020. The molecule has 0 saturated heterocycles. The highest BCUT2D eigenvalue weighted by Crippen LogP contribution is 2.31. The van der Waals surface area contributed by atoms with Gasteiger partial charge in [-0.2, -0.15) is 0 Å². The van der Waals surface area contributed by atoms with Crippen molar-refractivity contribution >= 4 is 12.3 Å². The van der Waals surface area contributed by atoms with Crippen molar-refractivity contribution in [3.8, 4) is 16.9 Å². The topological polar surface area (TPSA) is 111 Å². The molecule has 0 heterocycles. The number of ether oxygens (including phenoxy) is 1. The first-order valence-corrected chi connectivity index (χ1v) is 10.7. The summed E-state index contributed by atoms with van der Waals surface area (Å²) >= 11 is 0. The Balaban J connectivity index is 2.09. The molecule has 0 saturated carbocycles. The first-order valence-electron chi connectivity index (χ1n) is 10.7. The number of halogens is 2. The Kier molecular flexibility index (Phi) is 10.6. The van der Waals surface area contributed by atoms with Crippen LogP contribution in [0.4, 0.5) is 8.78 Å². The highest BCUT2D eigenvalue weighted by atomic mass is 19.1. The SMILES string of the molecule is CCCC/C=C(/CN(O)C=O)C(=O)NCNC(O)c1cccc(-c2cc(OC)ccc2F)c1F. The van der Waals surface area contributed by atoms with Crippen LogP contribution in [0.5, 0.6) is 5.75 Å². The third-order valence-corrected chi connectivity index (χ3v) is 5.03. The van der Waals surface area contributed by atoms with Crippen molar-refractivity contribution in [2.75, 3.05) is 20.3 Å². The Labute approximate surface area is 196 Å². The minimum Gasteiger partial charge on any atom is -0.497 e. The van der Waals surface area contributed by atoms with E-state index in [1.54, 1.807) is 6.08 Å². The van der Waals surface area contributed by atoms with E-state index in [0.29, 0.717) is 17.2 Å². The largest absolute Gasteiger partial charge is 0.497 e. The fourth-order valence-corrected chi connectivity index (χ4v) is 3.18. The lowest BCUT2D eigenvalue weighted by Crippen LogP contribution is -2.38. The van der Waals surface area contributed by atoms with Crippen molar-refractivity contribution in [2.45, 2.75) is 32.4 Å².